The minimum absolute atomic E-state index is 0.0232. The molecule has 0 radical (unpaired) electrons. The zero-order chi connectivity index (χ0) is 26.6. The van der Waals surface area contributed by atoms with E-state index in [-0.39, 0.29) is 19.2 Å². The summed E-state index contributed by atoms with van der Waals surface area (Å²) in [4.78, 5) is 23.7. The monoisotopic (exact) mass is 532 g/mol. The number of likely N-dealkylation sites (tertiary alicyclic amines) is 1. The molecule has 2 aromatic carbocycles. The Hall–Kier alpha value is -4.58. The van der Waals surface area contributed by atoms with E-state index in [0.717, 1.165) is 19.6 Å². The van der Waals surface area contributed by atoms with Gasteiger partial charge < -0.3 is 29.0 Å². The third-order valence-electron chi connectivity index (χ3n) is 6.55. The Labute approximate surface area is 224 Å². The lowest BCUT2D eigenvalue weighted by Crippen LogP contribution is -2.25. The Morgan fingerprint density at radius 3 is 2.90 bits per heavy atom. The summed E-state index contributed by atoms with van der Waals surface area (Å²) in [5.41, 5.74) is 1.19. The number of aromatic nitrogens is 4. The van der Waals surface area contributed by atoms with Crippen LogP contribution < -0.4 is 29.0 Å². The molecule has 6 rings (SSSR count). The Balaban J connectivity index is 1.14. The van der Waals surface area contributed by atoms with Crippen molar-refractivity contribution in [1.29, 1.82) is 0 Å². The fourth-order valence-corrected chi connectivity index (χ4v) is 4.65. The molecule has 2 aromatic heterocycles. The summed E-state index contributed by atoms with van der Waals surface area (Å²) in [6.45, 7) is 3.72. The van der Waals surface area contributed by atoms with Gasteiger partial charge in [-0.25, -0.2) is 9.97 Å². The van der Waals surface area contributed by atoms with Crippen LogP contribution in [-0.4, -0.2) is 70.7 Å². The molecule has 0 bridgehead atoms. The van der Waals surface area contributed by atoms with Crippen molar-refractivity contribution in [3.05, 3.63) is 49.1 Å². The number of fused-ring (bicyclic) bond motifs is 2. The Kier molecular flexibility index (Phi) is 7.00. The van der Waals surface area contributed by atoms with Gasteiger partial charge in [0, 0.05) is 12.6 Å². The lowest BCUT2D eigenvalue weighted by Gasteiger charge is -2.17. The zero-order valence-corrected chi connectivity index (χ0v) is 21.5. The first-order valence-corrected chi connectivity index (χ1v) is 12.7. The third kappa shape index (κ3) is 5.50. The number of nitrogens with zero attached hydrogens (tertiary/aromatic N) is 5. The second-order valence-corrected chi connectivity index (χ2v) is 9.16. The SMILES string of the molecule is COc1cc2ncnc(Oc3cnn(CC(=O)Nc4cccc5c4OCO5)c3)c2cc1OCCN1CCCC1. The fraction of sp³-hybridized carbons (Fsp3) is 0.333. The minimum atomic E-state index is -0.274. The van der Waals surface area contributed by atoms with Gasteiger partial charge in [0.25, 0.3) is 0 Å². The second kappa shape index (κ2) is 11.0. The predicted molar refractivity (Wildman–Crippen MR) is 141 cm³/mol. The van der Waals surface area contributed by atoms with E-state index < -0.39 is 0 Å². The van der Waals surface area contributed by atoms with Gasteiger partial charge in [-0.2, -0.15) is 5.10 Å². The molecule has 4 heterocycles. The molecule has 4 aromatic rings. The van der Waals surface area contributed by atoms with Crippen molar-refractivity contribution in [1.82, 2.24) is 24.6 Å². The first-order valence-electron chi connectivity index (χ1n) is 12.7. The number of benzene rings is 2. The normalized spacial score (nSPS) is 14.5. The number of methoxy groups -OCH3 is 1. The summed E-state index contributed by atoms with van der Waals surface area (Å²) in [6, 6.07) is 8.95. The van der Waals surface area contributed by atoms with Gasteiger partial charge in [-0.1, -0.05) is 6.07 Å². The molecule has 12 nitrogen and oxygen atoms in total. The van der Waals surface area contributed by atoms with E-state index in [2.05, 4.69) is 25.3 Å². The number of amides is 1. The van der Waals surface area contributed by atoms with Gasteiger partial charge in [0.05, 0.1) is 36.1 Å². The Bertz CT molecular complexity index is 1490. The molecule has 12 heteroatoms. The van der Waals surface area contributed by atoms with E-state index in [1.165, 1.54) is 30.0 Å². The number of para-hydroxylation sites is 1. The van der Waals surface area contributed by atoms with Gasteiger partial charge in [0.2, 0.25) is 18.6 Å². The molecule has 1 amide bonds. The van der Waals surface area contributed by atoms with Crippen molar-refractivity contribution < 1.29 is 28.5 Å². The molecular formula is C27H28N6O6. The van der Waals surface area contributed by atoms with E-state index in [0.29, 0.717) is 57.8 Å². The summed E-state index contributed by atoms with van der Waals surface area (Å²) >= 11 is 0. The van der Waals surface area contributed by atoms with Crippen molar-refractivity contribution in [3.8, 4) is 34.6 Å². The average molecular weight is 533 g/mol. The van der Waals surface area contributed by atoms with Crippen LogP contribution >= 0.6 is 0 Å². The van der Waals surface area contributed by atoms with Crippen molar-refractivity contribution in [2.24, 2.45) is 0 Å². The van der Waals surface area contributed by atoms with Gasteiger partial charge >= 0.3 is 0 Å². The van der Waals surface area contributed by atoms with Crippen LogP contribution in [0.4, 0.5) is 5.69 Å². The number of nitrogens with one attached hydrogen (secondary N) is 1. The number of ether oxygens (including phenoxy) is 5. The number of carbonyl (C=O) groups is 1. The fourth-order valence-electron chi connectivity index (χ4n) is 4.65. The molecule has 202 valence electrons. The molecule has 1 N–H and O–H groups in total. The molecule has 0 saturated carbocycles. The second-order valence-electron chi connectivity index (χ2n) is 9.16. The summed E-state index contributed by atoms with van der Waals surface area (Å²) in [5.74, 6) is 2.79. The smallest absolute Gasteiger partial charge is 0.246 e. The number of hydrogen-bond acceptors (Lipinski definition) is 10. The maximum Gasteiger partial charge on any atom is 0.246 e. The summed E-state index contributed by atoms with van der Waals surface area (Å²) < 4.78 is 29.9. The van der Waals surface area contributed by atoms with Crippen LogP contribution in [0, 0.1) is 0 Å². The van der Waals surface area contributed by atoms with Gasteiger partial charge in [0.15, 0.2) is 28.7 Å². The summed E-state index contributed by atoms with van der Waals surface area (Å²) in [6.07, 6.45) is 7.04. The molecule has 39 heavy (non-hydrogen) atoms. The van der Waals surface area contributed by atoms with Gasteiger partial charge in [-0.3, -0.25) is 14.4 Å². The van der Waals surface area contributed by atoms with Crippen LogP contribution in [0.25, 0.3) is 10.9 Å². The molecule has 0 atom stereocenters. The molecule has 1 fully saturated rings. The highest BCUT2D eigenvalue weighted by atomic mass is 16.7. The lowest BCUT2D eigenvalue weighted by atomic mass is 10.2. The van der Waals surface area contributed by atoms with Crippen LogP contribution in [0.3, 0.4) is 0 Å². The molecule has 0 unspecified atom stereocenters. The number of hydrogen-bond donors (Lipinski definition) is 1. The Morgan fingerprint density at radius 2 is 2.03 bits per heavy atom. The van der Waals surface area contributed by atoms with Crippen molar-refractivity contribution in [3.63, 3.8) is 0 Å². The Morgan fingerprint density at radius 1 is 1.13 bits per heavy atom. The largest absolute Gasteiger partial charge is 0.493 e. The van der Waals surface area contributed by atoms with Crippen LogP contribution in [0.2, 0.25) is 0 Å². The van der Waals surface area contributed by atoms with Crippen LogP contribution in [0.5, 0.6) is 34.6 Å². The molecule has 2 aliphatic heterocycles. The maximum atomic E-state index is 12.6. The number of anilines is 1. The lowest BCUT2D eigenvalue weighted by molar-refractivity contribution is -0.116. The van der Waals surface area contributed by atoms with Gasteiger partial charge in [-0.15, -0.1) is 0 Å². The van der Waals surface area contributed by atoms with Crippen LogP contribution in [0.15, 0.2) is 49.1 Å². The van der Waals surface area contributed by atoms with Gasteiger partial charge in [0.1, 0.15) is 19.5 Å². The standard InChI is InChI=1S/C27H28N6O6/c1-35-23-12-21-19(11-24(23)36-10-9-32-7-2-3-8-32)27(29-16-28-21)39-18-13-30-33(14-18)15-25(34)31-20-5-4-6-22-26(20)38-17-37-22/h4-6,11-14,16H,2-3,7-10,15,17H2,1H3,(H,31,34). The first-order chi connectivity index (χ1) is 19.2. The molecule has 0 spiro atoms. The highest BCUT2D eigenvalue weighted by Crippen LogP contribution is 2.39. The maximum absolute atomic E-state index is 12.6. The van der Waals surface area contributed by atoms with E-state index in [1.807, 2.05) is 6.07 Å². The average Bonchev–Trinajstić information content (AvgIpc) is 3.72. The first kappa shape index (κ1) is 24.7. The van der Waals surface area contributed by atoms with Crippen molar-refractivity contribution in [2.75, 3.05) is 45.5 Å². The van der Waals surface area contributed by atoms with Crippen LogP contribution in [0.1, 0.15) is 12.8 Å². The zero-order valence-electron chi connectivity index (χ0n) is 21.5. The topological polar surface area (TPSA) is 122 Å². The summed E-state index contributed by atoms with van der Waals surface area (Å²) in [5, 5.41) is 7.75. The quantitative estimate of drug-likeness (QED) is 0.325. The van der Waals surface area contributed by atoms with E-state index >= 15 is 0 Å². The van der Waals surface area contributed by atoms with Crippen LogP contribution in [-0.2, 0) is 11.3 Å². The van der Waals surface area contributed by atoms with Gasteiger partial charge in [-0.05, 0) is 44.1 Å². The van der Waals surface area contributed by atoms with E-state index in [1.54, 1.807) is 37.6 Å². The molecule has 2 aliphatic rings. The minimum Gasteiger partial charge on any atom is -0.493 e. The van der Waals surface area contributed by atoms with Crippen molar-refractivity contribution in [2.45, 2.75) is 19.4 Å². The molecule has 1 saturated heterocycles. The molecular weight excluding hydrogens is 504 g/mol. The van der Waals surface area contributed by atoms with E-state index in [9.17, 15) is 4.79 Å². The highest BCUT2D eigenvalue weighted by Gasteiger charge is 2.19. The van der Waals surface area contributed by atoms with Crippen molar-refractivity contribution >= 4 is 22.5 Å². The molecule has 0 aliphatic carbocycles. The third-order valence-corrected chi connectivity index (χ3v) is 6.55. The predicted octanol–water partition coefficient (Wildman–Crippen LogP) is 3.47. The number of carbonyl (C=O) groups excluding carboxylic acids is 1. The number of rotatable bonds is 10. The highest BCUT2D eigenvalue weighted by molar-refractivity contribution is 5.92. The van der Waals surface area contributed by atoms with E-state index in [4.69, 9.17) is 23.7 Å². The summed E-state index contributed by atoms with van der Waals surface area (Å²) in [7, 11) is 1.60.